The number of piperazine rings is 1. The average Bonchev–Trinajstić information content (AvgIpc) is 2.77. The highest BCUT2D eigenvalue weighted by atomic mass is 16.5. The summed E-state index contributed by atoms with van der Waals surface area (Å²) in [6.45, 7) is 13.4. The van der Waals surface area contributed by atoms with E-state index >= 15 is 0 Å². The van der Waals surface area contributed by atoms with E-state index in [0.717, 1.165) is 46.9 Å². The molecule has 1 aromatic heterocycles. The molecule has 1 saturated heterocycles. The van der Waals surface area contributed by atoms with E-state index in [1.165, 1.54) is 5.56 Å². The van der Waals surface area contributed by atoms with Gasteiger partial charge in [0.05, 0.1) is 16.7 Å². The lowest BCUT2D eigenvalue weighted by Crippen LogP contribution is -2.50. The van der Waals surface area contributed by atoms with E-state index in [-0.39, 0.29) is 17.9 Å². The molecular weight excluding hydrogens is 400 g/mol. The zero-order valence-corrected chi connectivity index (χ0v) is 19.7. The van der Waals surface area contributed by atoms with Crippen molar-refractivity contribution in [1.29, 1.82) is 0 Å². The summed E-state index contributed by atoms with van der Waals surface area (Å²) in [6, 6.07) is 14.1. The predicted molar refractivity (Wildman–Crippen MR) is 128 cm³/mol. The van der Waals surface area contributed by atoms with Crippen molar-refractivity contribution in [2.75, 3.05) is 37.7 Å². The second kappa shape index (κ2) is 8.77. The van der Waals surface area contributed by atoms with E-state index in [9.17, 15) is 4.79 Å². The summed E-state index contributed by atoms with van der Waals surface area (Å²) < 4.78 is 5.99. The van der Waals surface area contributed by atoms with Crippen LogP contribution in [0.1, 0.15) is 37.6 Å². The van der Waals surface area contributed by atoms with Gasteiger partial charge in [0.2, 0.25) is 0 Å². The van der Waals surface area contributed by atoms with Gasteiger partial charge in [0.1, 0.15) is 5.75 Å². The van der Waals surface area contributed by atoms with Crippen LogP contribution >= 0.6 is 0 Å². The number of ether oxygens (including phenoxy) is 1. The van der Waals surface area contributed by atoms with E-state index in [0.29, 0.717) is 13.1 Å². The number of carbonyl (C=O) groups is 1. The number of carbonyl (C=O) groups excluding carboxylic acids is 1. The number of para-hydroxylation sites is 2. The second-order valence-corrected chi connectivity index (χ2v) is 9.53. The highest BCUT2D eigenvalue weighted by Gasteiger charge is 2.25. The number of amides is 1. The molecule has 0 radical (unpaired) electrons. The van der Waals surface area contributed by atoms with Crippen molar-refractivity contribution < 1.29 is 9.53 Å². The summed E-state index contributed by atoms with van der Waals surface area (Å²) in [4.78, 5) is 26.5. The van der Waals surface area contributed by atoms with E-state index < -0.39 is 0 Å². The summed E-state index contributed by atoms with van der Waals surface area (Å²) >= 11 is 0. The Bertz CT molecular complexity index is 1130. The van der Waals surface area contributed by atoms with Crippen LogP contribution in [-0.4, -0.2) is 53.6 Å². The normalized spacial score (nSPS) is 14.7. The average molecular weight is 433 g/mol. The molecule has 0 N–H and O–H groups in total. The number of nitrogens with zero attached hydrogens (tertiary/aromatic N) is 4. The maximum absolute atomic E-state index is 12.8. The molecule has 0 atom stereocenters. The van der Waals surface area contributed by atoms with E-state index in [1.807, 2.05) is 48.2 Å². The molecular formula is C26H32N4O2. The Balaban J connectivity index is 1.38. The molecule has 0 saturated carbocycles. The number of benzene rings is 2. The topological polar surface area (TPSA) is 58.6 Å². The highest BCUT2D eigenvalue weighted by Crippen LogP contribution is 2.32. The first-order valence-corrected chi connectivity index (χ1v) is 11.2. The number of aromatic nitrogens is 2. The molecule has 2 heterocycles. The molecule has 2 aromatic carbocycles. The van der Waals surface area contributed by atoms with Gasteiger partial charge in [-0.1, -0.05) is 50.6 Å². The zero-order valence-electron chi connectivity index (χ0n) is 19.7. The molecule has 168 valence electrons. The van der Waals surface area contributed by atoms with Gasteiger partial charge in [0, 0.05) is 26.2 Å². The Hall–Kier alpha value is -3.15. The third-order valence-corrected chi connectivity index (χ3v) is 5.95. The van der Waals surface area contributed by atoms with Gasteiger partial charge >= 0.3 is 0 Å². The minimum absolute atomic E-state index is 0.0198. The molecule has 1 amide bonds. The molecule has 0 unspecified atom stereocenters. The minimum atomic E-state index is -0.0468. The van der Waals surface area contributed by atoms with Gasteiger partial charge < -0.3 is 14.5 Å². The van der Waals surface area contributed by atoms with Crippen molar-refractivity contribution >= 4 is 22.8 Å². The predicted octanol–water partition coefficient (Wildman–Crippen LogP) is 4.27. The Kier molecular flexibility index (Phi) is 6.04. The first-order chi connectivity index (χ1) is 15.2. The van der Waals surface area contributed by atoms with E-state index in [1.54, 1.807) is 0 Å². The molecule has 1 aliphatic rings. The van der Waals surface area contributed by atoms with Crippen LogP contribution in [0.25, 0.3) is 11.0 Å². The Labute approximate surface area is 190 Å². The third kappa shape index (κ3) is 4.69. The summed E-state index contributed by atoms with van der Waals surface area (Å²) in [5, 5.41) is 0. The Morgan fingerprint density at radius 1 is 0.969 bits per heavy atom. The Morgan fingerprint density at radius 2 is 1.62 bits per heavy atom. The lowest BCUT2D eigenvalue weighted by molar-refractivity contribution is -0.133. The van der Waals surface area contributed by atoms with Gasteiger partial charge in [-0.2, -0.15) is 0 Å². The molecule has 0 bridgehead atoms. The first-order valence-electron chi connectivity index (χ1n) is 11.2. The lowest BCUT2D eigenvalue weighted by Gasteiger charge is -2.36. The van der Waals surface area contributed by atoms with Crippen LogP contribution in [0.5, 0.6) is 5.75 Å². The SMILES string of the molecule is Cc1ccc(OCC(=O)N2CCN(c3nc4ccccc4nc3C)CC2)c(C(C)(C)C)c1. The quantitative estimate of drug-likeness (QED) is 0.616. The molecule has 1 fully saturated rings. The number of aryl methyl sites for hydroxylation is 2. The van der Waals surface area contributed by atoms with Gasteiger partial charge in [-0.25, -0.2) is 9.97 Å². The number of hydrogen-bond donors (Lipinski definition) is 0. The molecule has 6 heteroatoms. The van der Waals surface area contributed by atoms with Crippen molar-refractivity contribution in [3.8, 4) is 5.75 Å². The third-order valence-electron chi connectivity index (χ3n) is 5.95. The maximum atomic E-state index is 12.8. The van der Waals surface area contributed by atoms with Crippen molar-refractivity contribution in [2.45, 2.75) is 40.0 Å². The van der Waals surface area contributed by atoms with Gasteiger partial charge in [-0.15, -0.1) is 0 Å². The fourth-order valence-electron chi connectivity index (χ4n) is 4.13. The summed E-state index contributed by atoms with van der Waals surface area (Å²) in [5.41, 5.74) is 4.99. The van der Waals surface area contributed by atoms with Crippen LogP contribution < -0.4 is 9.64 Å². The molecule has 0 aliphatic carbocycles. The summed E-state index contributed by atoms with van der Waals surface area (Å²) in [6.07, 6.45) is 0. The fourth-order valence-corrected chi connectivity index (χ4v) is 4.13. The number of fused-ring (bicyclic) bond motifs is 1. The molecule has 6 nitrogen and oxygen atoms in total. The van der Waals surface area contributed by atoms with E-state index in [2.05, 4.69) is 38.7 Å². The highest BCUT2D eigenvalue weighted by molar-refractivity contribution is 5.79. The zero-order chi connectivity index (χ0) is 22.9. The molecule has 0 spiro atoms. The molecule has 1 aliphatic heterocycles. The monoisotopic (exact) mass is 432 g/mol. The van der Waals surface area contributed by atoms with E-state index in [4.69, 9.17) is 14.7 Å². The molecule has 3 aromatic rings. The van der Waals surface area contributed by atoms with Gasteiger partial charge in [-0.3, -0.25) is 4.79 Å². The Morgan fingerprint density at radius 3 is 2.28 bits per heavy atom. The summed E-state index contributed by atoms with van der Waals surface area (Å²) in [5.74, 6) is 1.71. The van der Waals surface area contributed by atoms with Crippen molar-refractivity contribution in [1.82, 2.24) is 14.9 Å². The largest absolute Gasteiger partial charge is 0.483 e. The standard InChI is InChI=1S/C26H32N4O2/c1-18-10-11-23(20(16-18)26(3,4)5)32-17-24(31)29-12-14-30(15-13-29)25-19(2)27-21-8-6-7-9-22(21)28-25/h6-11,16H,12-15,17H2,1-5H3. The molecule has 32 heavy (non-hydrogen) atoms. The van der Waals surface area contributed by atoms with Gasteiger partial charge in [0.25, 0.3) is 5.91 Å². The second-order valence-electron chi connectivity index (χ2n) is 9.53. The number of rotatable bonds is 4. The van der Waals surface area contributed by atoms with Gasteiger partial charge in [-0.05, 0) is 43.0 Å². The van der Waals surface area contributed by atoms with Crippen molar-refractivity contribution in [2.24, 2.45) is 0 Å². The van der Waals surface area contributed by atoms with Crippen LogP contribution in [0.4, 0.5) is 5.82 Å². The van der Waals surface area contributed by atoms with Crippen LogP contribution in [0.2, 0.25) is 0 Å². The number of anilines is 1. The first kappa shape index (κ1) is 22.1. The maximum Gasteiger partial charge on any atom is 0.260 e. The summed E-state index contributed by atoms with van der Waals surface area (Å²) in [7, 11) is 0. The van der Waals surface area contributed by atoms with Crippen LogP contribution in [0, 0.1) is 13.8 Å². The fraction of sp³-hybridized carbons (Fsp3) is 0.423. The van der Waals surface area contributed by atoms with Crippen LogP contribution in [0.3, 0.4) is 0 Å². The van der Waals surface area contributed by atoms with Crippen LogP contribution in [-0.2, 0) is 10.2 Å². The smallest absolute Gasteiger partial charge is 0.260 e. The van der Waals surface area contributed by atoms with Crippen molar-refractivity contribution in [3.63, 3.8) is 0 Å². The number of hydrogen-bond acceptors (Lipinski definition) is 5. The molecule has 4 rings (SSSR count). The minimum Gasteiger partial charge on any atom is -0.483 e. The lowest BCUT2D eigenvalue weighted by atomic mass is 9.85. The van der Waals surface area contributed by atoms with Crippen molar-refractivity contribution in [3.05, 3.63) is 59.3 Å². The van der Waals surface area contributed by atoms with Gasteiger partial charge in [0.15, 0.2) is 12.4 Å². The van der Waals surface area contributed by atoms with Crippen LogP contribution in [0.15, 0.2) is 42.5 Å².